The van der Waals surface area contributed by atoms with Gasteiger partial charge in [0.15, 0.2) is 0 Å². The minimum atomic E-state index is -0.178. The zero-order valence-electron chi connectivity index (χ0n) is 15.7. The van der Waals surface area contributed by atoms with Gasteiger partial charge in [0.05, 0.1) is 12.4 Å². The molecule has 2 heterocycles. The van der Waals surface area contributed by atoms with Gasteiger partial charge in [0, 0.05) is 45.8 Å². The number of imidazole rings is 1. The second-order valence-electron chi connectivity index (χ2n) is 7.42. The van der Waals surface area contributed by atoms with Gasteiger partial charge in [-0.25, -0.2) is 14.8 Å². The summed E-state index contributed by atoms with van der Waals surface area (Å²) < 4.78 is 1.97. The molecule has 7 nitrogen and oxygen atoms in total. The number of rotatable bonds is 6. The Kier molecular flexibility index (Phi) is 6.01. The molecular formula is C18H28N6O. The number of carbonyl (C=O) groups is 1. The van der Waals surface area contributed by atoms with E-state index in [0.717, 1.165) is 11.4 Å². The van der Waals surface area contributed by atoms with Crippen molar-refractivity contribution in [2.75, 3.05) is 19.0 Å². The summed E-state index contributed by atoms with van der Waals surface area (Å²) in [4.78, 5) is 22.6. The van der Waals surface area contributed by atoms with Crippen molar-refractivity contribution in [3.63, 3.8) is 0 Å². The van der Waals surface area contributed by atoms with Crippen LogP contribution in [0.1, 0.15) is 26.3 Å². The summed E-state index contributed by atoms with van der Waals surface area (Å²) in [5, 5.41) is 6.00. The lowest BCUT2D eigenvalue weighted by Gasteiger charge is -2.31. The van der Waals surface area contributed by atoms with Crippen LogP contribution in [0.4, 0.5) is 10.6 Å². The molecule has 2 rings (SSSR count). The first-order valence-electron chi connectivity index (χ1n) is 8.38. The fraction of sp³-hybridized carbons (Fsp3) is 0.500. The summed E-state index contributed by atoms with van der Waals surface area (Å²) in [5.74, 6) is 0.868. The molecule has 0 aliphatic carbocycles. The molecule has 2 N–H and O–H groups in total. The Labute approximate surface area is 149 Å². The van der Waals surface area contributed by atoms with E-state index in [2.05, 4.69) is 41.4 Å². The van der Waals surface area contributed by atoms with Gasteiger partial charge < -0.3 is 20.1 Å². The number of amides is 2. The quantitative estimate of drug-likeness (QED) is 0.843. The van der Waals surface area contributed by atoms with E-state index in [1.165, 1.54) is 0 Å². The number of carbonyl (C=O) groups excluding carboxylic acids is 1. The van der Waals surface area contributed by atoms with Crippen molar-refractivity contribution in [2.24, 2.45) is 5.41 Å². The number of hydrogen-bond acceptors (Lipinski definition) is 4. The monoisotopic (exact) mass is 344 g/mol. The van der Waals surface area contributed by atoms with Gasteiger partial charge in [0.1, 0.15) is 5.82 Å². The first-order valence-corrected chi connectivity index (χ1v) is 8.38. The first-order chi connectivity index (χ1) is 11.8. The average Bonchev–Trinajstić information content (AvgIpc) is 3.05. The molecule has 0 radical (unpaired) electrons. The third-order valence-corrected chi connectivity index (χ3v) is 4.02. The molecule has 2 amide bonds. The summed E-state index contributed by atoms with van der Waals surface area (Å²) in [7, 11) is 3.88. The topological polar surface area (TPSA) is 75.1 Å². The molecule has 1 unspecified atom stereocenters. The Hall–Kier alpha value is -2.57. The van der Waals surface area contributed by atoms with Gasteiger partial charge in [0.2, 0.25) is 0 Å². The van der Waals surface area contributed by atoms with E-state index in [1.807, 2.05) is 41.9 Å². The summed E-state index contributed by atoms with van der Waals surface area (Å²) in [6.07, 6.45) is 7.16. The summed E-state index contributed by atoms with van der Waals surface area (Å²) in [6, 6.07) is 3.67. The van der Waals surface area contributed by atoms with Crippen molar-refractivity contribution >= 4 is 11.8 Å². The van der Waals surface area contributed by atoms with E-state index in [4.69, 9.17) is 0 Å². The maximum Gasteiger partial charge on any atom is 0.315 e. The lowest BCUT2D eigenvalue weighted by molar-refractivity contribution is 0.209. The molecule has 0 spiro atoms. The van der Waals surface area contributed by atoms with Gasteiger partial charge in [-0.2, -0.15) is 0 Å². The number of anilines is 1. The van der Waals surface area contributed by atoms with Crippen LogP contribution in [0.3, 0.4) is 0 Å². The number of pyridine rings is 1. The standard InChI is InChI=1S/C18H28N6O/c1-18(2,3)15(12-24-9-8-19-13-24)22-17(25)21-11-14-6-7-20-16(10-14)23(4)5/h6-10,13,15H,11-12H2,1-5H3,(H2,21,22,25). The van der Waals surface area contributed by atoms with Crippen molar-refractivity contribution in [3.8, 4) is 0 Å². The minimum absolute atomic E-state index is 0.0172. The van der Waals surface area contributed by atoms with Gasteiger partial charge in [-0.15, -0.1) is 0 Å². The highest BCUT2D eigenvalue weighted by Gasteiger charge is 2.26. The van der Waals surface area contributed by atoms with Crippen molar-refractivity contribution in [2.45, 2.75) is 39.9 Å². The van der Waals surface area contributed by atoms with Gasteiger partial charge in [-0.3, -0.25) is 0 Å². The molecule has 25 heavy (non-hydrogen) atoms. The molecule has 0 bridgehead atoms. The second kappa shape index (κ2) is 8.00. The Balaban J connectivity index is 1.93. The predicted molar refractivity (Wildman–Crippen MR) is 99.4 cm³/mol. The molecule has 0 aromatic carbocycles. The van der Waals surface area contributed by atoms with E-state index in [-0.39, 0.29) is 17.5 Å². The van der Waals surface area contributed by atoms with Gasteiger partial charge >= 0.3 is 6.03 Å². The first kappa shape index (κ1) is 18.8. The maximum absolute atomic E-state index is 12.3. The molecule has 0 saturated heterocycles. The molecule has 136 valence electrons. The van der Waals surface area contributed by atoms with Crippen molar-refractivity contribution in [3.05, 3.63) is 42.6 Å². The number of hydrogen-bond donors (Lipinski definition) is 2. The molecule has 0 saturated carbocycles. The Morgan fingerprint density at radius 2 is 2.08 bits per heavy atom. The van der Waals surface area contributed by atoms with Crippen LogP contribution < -0.4 is 15.5 Å². The molecular weight excluding hydrogens is 316 g/mol. The predicted octanol–water partition coefficient (Wildman–Crippen LogP) is 2.26. The smallest absolute Gasteiger partial charge is 0.315 e. The van der Waals surface area contributed by atoms with E-state index in [9.17, 15) is 4.79 Å². The summed E-state index contributed by atoms with van der Waals surface area (Å²) in [6.45, 7) is 7.47. The fourth-order valence-corrected chi connectivity index (χ4v) is 2.35. The molecule has 0 aliphatic heterocycles. The van der Waals surface area contributed by atoms with Crippen LogP contribution >= 0.6 is 0 Å². The zero-order chi connectivity index (χ0) is 18.4. The highest BCUT2D eigenvalue weighted by molar-refractivity contribution is 5.74. The molecule has 2 aromatic heterocycles. The highest BCUT2D eigenvalue weighted by atomic mass is 16.2. The van der Waals surface area contributed by atoms with E-state index >= 15 is 0 Å². The molecule has 2 aromatic rings. The second-order valence-corrected chi connectivity index (χ2v) is 7.42. The summed E-state index contributed by atoms with van der Waals surface area (Å²) >= 11 is 0. The number of nitrogens with one attached hydrogen (secondary N) is 2. The largest absolute Gasteiger partial charge is 0.363 e. The normalized spacial score (nSPS) is 12.5. The van der Waals surface area contributed by atoms with Crippen molar-refractivity contribution < 1.29 is 4.79 Å². The molecule has 0 aliphatic rings. The third kappa shape index (κ3) is 5.77. The SMILES string of the molecule is CN(C)c1cc(CNC(=O)NC(Cn2ccnc2)C(C)(C)C)ccn1. The van der Waals surface area contributed by atoms with Crippen LogP contribution in [-0.2, 0) is 13.1 Å². The fourth-order valence-electron chi connectivity index (χ4n) is 2.35. The number of aromatic nitrogens is 3. The third-order valence-electron chi connectivity index (χ3n) is 4.02. The van der Waals surface area contributed by atoms with Crippen molar-refractivity contribution in [1.82, 2.24) is 25.2 Å². The van der Waals surface area contributed by atoms with Gasteiger partial charge in [-0.1, -0.05) is 20.8 Å². The van der Waals surface area contributed by atoms with E-state index < -0.39 is 0 Å². The highest BCUT2D eigenvalue weighted by Crippen LogP contribution is 2.20. The summed E-state index contributed by atoms with van der Waals surface area (Å²) in [5.41, 5.74) is 0.937. The zero-order valence-corrected chi connectivity index (χ0v) is 15.7. The lowest BCUT2D eigenvalue weighted by atomic mass is 9.86. The van der Waals surface area contributed by atoms with Crippen LogP contribution in [0.25, 0.3) is 0 Å². The van der Waals surface area contributed by atoms with Crippen LogP contribution in [0.2, 0.25) is 0 Å². The van der Waals surface area contributed by atoms with Gasteiger partial charge in [0.25, 0.3) is 0 Å². The maximum atomic E-state index is 12.3. The van der Waals surface area contributed by atoms with Crippen molar-refractivity contribution in [1.29, 1.82) is 0 Å². The molecule has 7 heteroatoms. The average molecular weight is 344 g/mol. The number of urea groups is 1. The molecule has 0 fully saturated rings. The Bertz CT molecular complexity index is 675. The van der Waals surface area contributed by atoms with Crippen LogP contribution in [0.5, 0.6) is 0 Å². The Morgan fingerprint density at radius 1 is 1.32 bits per heavy atom. The van der Waals surface area contributed by atoms with Crippen LogP contribution in [0.15, 0.2) is 37.1 Å². The van der Waals surface area contributed by atoms with Gasteiger partial charge in [-0.05, 0) is 23.1 Å². The van der Waals surface area contributed by atoms with Crippen LogP contribution in [-0.4, -0.2) is 40.7 Å². The van der Waals surface area contributed by atoms with E-state index in [0.29, 0.717) is 13.1 Å². The number of nitrogens with zero attached hydrogens (tertiary/aromatic N) is 4. The molecule has 1 atom stereocenters. The van der Waals surface area contributed by atoms with E-state index in [1.54, 1.807) is 18.7 Å². The minimum Gasteiger partial charge on any atom is -0.363 e. The lowest BCUT2D eigenvalue weighted by Crippen LogP contribution is -2.49. The Morgan fingerprint density at radius 3 is 2.68 bits per heavy atom. The van der Waals surface area contributed by atoms with Crippen LogP contribution in [0, 0.1) is 5.41 Å².